The Bertz CT molecular complexity index is 1150. The van der Waals surface area contributed by atoms with E-state index in [0.29, 0.717) is 5.56 Å². The van der Waals surface area contributed by atoms with Gasteiger partial charge < -0.3 is 5.32 Å². The number of nitrogens with one attached hydrogen (secondary N) is 1. The number of hydrogen-bond acceptors (Lipinski definition) is 2. The standard InChI is InChI=1S/C22H18FN3O/c1-14-19(4-3-5-20(14)22(27)24-2)16-10-11-26-18(12-16)13-21(25-26)15-6-8-17(23)9-7-15/h3-13H,1-2H3,(H,24,27). The Morgan fingerprint density at radius 1 is 1.04 bits per heavy atom. The number of fused-ring (bicyclic) bond motifs is 1. The number of aromatic nitrogens is 2. The van der Waals surface area contributed by atoms with Gasteiger partial charge in [0.25, 0.3) is 5.91 Å². The Kier molecular flexibility index (Phi) is 4.20. The van der Waals surface area contributed by atoms with Crippen LogP contribution in [0.15, 0.2) is 66.9 Å². The largest absolute Gasteiger partial charge is 0.355 e. The van der Waals surface area contributed by atoms with Crippen LogP contribution in [0.5, 0.6) is 0 Å². The second-order valence-corrected chi connectivity index (χ2v) is 6.38. The lowest BCUT2D eigenvalue weighted by Gasteiger charge is -2.11. The number of amides is 1. The smallest absolute Gasteiger partial charge is 0.251 e. The van der Waals surface area contributed by atoms with Crippen LogP contribution in [-0.2, 0) is 0 Å². The molecule has 0 radical (unpaired) electrons. The highest BCUT2D eigenvalue weighted by molar-refractivity contribution is 5.97. The lowest BCUT2D eigenvalue weighted by molar-refractivity contribution is 0.0962. The van der Waals surface area contributed by atoms with E-state index in [1.807, 2.05) is 49.5 Å². The molecule has 0 aliphatic carbocycles. The first-order valence-corrected chi connectivity index (χ1v) is 8.64. The zero-order chi connectivity index (χ0) is 19.0. The van der Waals surface area contributed by atoms with Gasteiger partial charge in [0.2, 0.25) is 0 Å². The van der Waals surface area contributed by atoms with Crippen LogP contribution in [0.3, 0.4) is 0 Å². The number of pyridine rings is 1. The van der Waals surface area contributed by atoms with Gasteiger partial charge in [-0.25, -0.2) is 8.91 Å². The van der Waals surface area contributed by atoms with E-state index in [0.717, 1.165) is 33.5 Å². The summed E-state index contributed by atoms with van der Waals surface area (Å²) in [6.45, 7) is 1.95. The van der Waals surface area contributed by atoms with Crippen molar-refractivity contribution in [3.63, 3.8) is 0 Å². The molecule has 134 valence electrons. The van der Waals surface area contributed by atoms with Crippen molar-refractivity contribution in [3.05, 3.63) is 83.8 Å². The van der Waals surface area contributed by atoms with E-state index in [4.69, 9.17) is 0 Å². The number of halogens is 1. The van der Waals surface area contributed by atoms with Crippen molar-refractivity contribution in [1.29, 1.82) is 0 Å². The fourth-order valence-corrected chi connectivity index (χ4v) is 3.25. The summed E-state index contributed by atoms with van der Waals surface area (Å²) in [5, 5.41) is 7.24. The van der Waals surface area contributed by atoms with Crippen LogP contribution >= 0.6 is 0 Å². The summed E-state index contributed by atoms with van der Waals surface area (Å²) in [6, 6.07) is 18.0. The maximum atomic E-state index is 13.1. The first kappa shape index (κ1) is 17.0. The molecule has 0 unspecified atom stereocenters. The molecule has 2 aromatic carbocycles. The van der Waals surface area contributed by atoms with Crippen LogP contribution in [0.1, 0.15) is 15.9 Å². The number of carbonyl (C=O) groups is 1. The second-order valence-electron chi connectivity index (χ2n) is 6.38. The van der Waals surface area contributed by atoms with Gasteiger partial charge >= 0.3 is 0 Å². The molecule has 5 heteroatoms. The summed E-state index contributed by atoms with van der Waals surface area (Å²) in [6.07, 6.45) is 1.89. The van der Waals surface area contributed by atoms with Crippen LogP contribution in [0.4, 0.5) is 4.39 Å². The predicted molar refractivity (Wildman–Crippen MR) is 104 cm³/mol. The second kappa shape index (κ2) is 6.68. The van der Waals surface area contributed by atoms with E-state index >= 15 is 0 Å². The molecule has 4 rings (SSSR count). The topological polar surface area (TPSA) is 46.4 Å². The van der Waals surface area contributed by atoms with Gasteiger partial charge in [-0.3, -0.25) is 4.79 Å². The zero-order valence-corrected chi connectivity index (χ0v) is 15.0. The Morgan fingerprint density at radius 2 is 1.81 bits per heavy atom. The molecule has 2 heterocycles. The summed E-state index contributed by atoms with van der Waals surface area (Å²) in [7, 11) is 1.63. The Morgan fingerprint density at radius 3 is 2.56 bits per heavy atom. The summed E-state index contributed by atoms with van der Waals surface area (Å²) < 4.78 is 14.9. The van der Waals surface area contributed by atoms with E-state index in [-0.39, 0.29) is 11.7 Å². The maximum Gasteiger partial charge on any atom is 0.251 e. The van der Waals surface area contributed by atoms with Crippen molar-refractivity contribution in [1.82, 2.24) is 14.9 Å². The summed E-state index contributed by atoms with van der Waals surface area (Å²) in [5.41, 5.74) is 6.17. The maximum absolute atomic E-state index is 13.1. The Hall–Kier alpha value is -3.47. The van der Waals surface area contributed by atoms with Gasteiger partial charge in [-0.15, -0.1) is 0 Å². The van der Waals surface area contributed by atoms with Crippen LogP contribution in [0.25, 0.3) is 27.9 Å². The average Bonchev–Trinajstić information content (AvgIpc) is 3.11. The SMILES string of the molecule is CNC(=O)c1cccc(-c2ccn3nc(-c4ccc(F)cc4)cc3c2)c1C. The molecule has 0 saturated heterocycles. The highest BCUT2D eigenvalue weighted by Gasteiger charge is 2.12. The van der Waals surface area contributed by atoms with E-state index in [1.54, 1.807) is 23.7 Å². The molecule has 1 N–H and O–H groups in total. The molecule has 27 heavy (non-hydrogen) atoms. The fourth-order valence-electron chi connectivity index (χ4n) is 3.25. The van der Waals surface area contributed by atoms with Crippen molar-refractivity contribution in [2.75, 3.05) is 7.05 Å². The van der Waals surface area contributed by atoms with Crippen molar-refractivity contribution in [3.8, 4) is 22.4 Å². The third kappa shape index (κ3) is 3.08. The van der Waals surface area contributed by atoms with Gasteiger partial charge in [-0.2, -0.15) is 5.10 Å². The van der Waals surface area contributed by atoms with Gasteiger partial charge in [0, 0.05) is 24.4 Å². The van der Waals surface area contributed by atoms with E-state index in [2.05, 4.69) is 10.4 Å². The summed E-state index contributed by atoms with van der Waals surface area (Å²) >= 11 is 0. The quantitative estimate of drug-likeness (QED) is 0.586. The molecule has 2 aromatic heterocycles. The number of nitrogens with zero attached hydrogens (tertiary/aromatic N) is 2. The number of carbonyl (C=O) groups excluding carboxylic acids is 1. The number of benzene rings is 2. The van der Waals surface area contributed by atoms with E-state index in [9.17, 15) is 9.18 Å². The first-order chi connectivity index (χ1) is 13.1. The molecule has 4 nitrogen and oxygen atoms in total. The first-order valence-electron chi connectivity index (χ1n) is 8.64. The third-order valence-corrected chi connectivity index (χ3v) is 4.72. The summed E-state index contributed by atoms with van der Waals surface area (Å²) in [5.74, 6) is -0.366. The minimum Gasteiger partial charge on any atom is -0.355 e. The zero-order valence-electron chi connectivity index (χ0n) is 15.0. The normalized spacial score (nSPS) is 10.9. The van der Waals surface area contributed by atoms with Gasteiger partial charge in [0.05, 0.1) is 11.2 Å². The van der Waals surface area contributed by atoms with Crippen LogP contribution < -0.4 is 5.32 Å². The third-order valence-electron chi connectivity index (χ3n) is 4.72. The molecular formula is C22H18FN3O. The van der Waals surface area contributed by atoms with E-state index in [1.165, 1.54) is 12.1 Å². The van der Waals surface area contributed by atoms with Gasteiger partial charge in [0.15, 0.2) is 0 Å². The monoisotopic (exact) mass is 359 g/mol. The van der Waals surface area contributed by atoms with Crippen molar-refractivity contribution >= 4 is 11.4 Å². The molecule has 0 aliphatic rings. The summed E-state index contributed by atoms with van der Waals surface area (Å²) in [4.78, 5) is 12.1. The van der Waals surface area contributed by atoms with Crippen molar-refractivity contribution in [2.24, 2.45) is 0 Å². The molecule has 0 saturated carbocycles. The predicted octanol–water partition coefficient (Wildman–Crippen LogP) is 4.48. The Balaban J connectivity index is 1.78. The average molecular weight is 359 g/mol. The van der Waals surface area contributed by atoms with Gasteiger partial charge in [-0.05, 0) is 72.1 Å². The molecule has 0 fully saturated rings. The number of hydrogen-bond donors (Lipinski definition) is 1. The van der Waals surface area contributed by atoms with Crippen molar-refractivity contribution < 1.29 is 9.18 Å². The lowest BCUT2D eigenvalue weighted by atomic mass is 9.96. The number of rotatable bonds is 3. The lowest BCUT2D eigenvalue weighted by Crippen LogP contribution is -2.19. The highest BCUT2D eigenvalue weighted by Crippen LogP contribution is 2.28. The molecule has 1 amide bonds. The minimum atomic E-state index is -0.267. The van der Waals surface area contributed by atoms with Crippen LogP contribution in [0.2, 0.25) is 0 Å². The van der Waals surface area contributed by atoms with Crippen molar-refractivity contribution in [2.45, 2.75) is 6.92 Å². The molecule has 0 spiro atoms. The van der Waals surface area contributed by atoms with Gasteiger partial charge in [-0.1, -0.05) is 12.1 Å². The highest BCUT2D eigenvalue weighted by atomic mass is 19.1. The fraction of sp³-hybridized carbons (Fsp3) is 0.0909. The van der Waals surface area contributed by atoms with E-state index < -0.39 is 0 Å². The molecule has 4 aromatic rings. The van der Waals surface area contributed by atoms with Crippen LogP contribution in [0, 0.1) is 12.7 Å². The molecule has 0 aliphatic heterocycles. The minimum absolute atomic E-state index is 0.0987. The molecule has 0 atom stereocenters. The van der Waals surface area contributed by atoms with Gasteiger partial charge in [0.1, 0.15) is 5.82 Å². The van der Waals surface area contributed by atoms with Crippen LogP contribution in [-0.4, -0.2) is 22.6 Å². The molecule has 0 bridgehead atoms. The molecular weight excluding hydrogens is 341 g/mol. The Labute approximate surface area is 156 Å².